The summed E-state index contributed by atoms with van der Waals surface area (Å²) in [6.07, 6.45) is 0. The number of hydrogen-bond acceptors (Lipinski definition) is 4. The van der Waals surface area contributed by atoms with Crippen LogP contribution in [0.4, 0.5) is 4.39 Å². The van der Waals surface area contributed by atoms with E-state index in [1.54, 1.807) is 6.07 Å². The van der Waals surface area contributed by atoms with Crippen molar-refractivity contribution in [3.8, 4) is 11.4 Å². The molecule has 102 valence electrons. The summed E-state index contributed by atoms with van der Waals surface area (Å²) >= 11 is 6.53. The predicted octanol–water partition coefficient (Wildman–Crippen LogP) is 3.26. The molecule has 0 aliphatic carbocycles. The van der Waals surface area contributed by atoms with Gasteiger partial charge in [0, 0.05) is 6.07 Å². The number of nitrogens with one attached hydrogen (secondary N) is 1. The number of nitrogens with zero attached hydrogens (tertiary/aromatic N) is 1. The molecule has 0 aliphatic rings. The third kappa shape index (κ3) is 1.95. The molecule has 3 aromatic rings. The van der Waals surface area contributed by atoms with E-state index in [-0.39, 0.29) is 16.1 Å². The number of aromatic amines is 1. The second-order valence-electron chi connectivity index (χ2n) is 4.05. The van der Waals surface area contributed by atoms with Gasteiger partial charge in [0.1, 0.15) is 4.70 Å². The van der Waals surface area contributed by atoms with Crippen LogP contribution in [0.15, 0.2) is 34.4 Å². The Hall–Kier alpha value is -1.99. The lowest BCUT2D eigenvalue weighted by Gasteiger charge is -2.08. The van der Waals surface area contributed by atoms with Crippen molar-refractivity contribution in [3.05, 3.63) is 50.6 Å². The molecule has 0 radical (unpaired) electrons. The van der Waals surface area contributed by atoms with Crippen LogP contribution in [0.5, 0.6) is 5.75 Å². The summed E-state index contributed by atoms with van der Waals surface area (Å²) in [6, 6.07) is 5.98. The second-order valence-corrected chi connectivity index (χ2v) is 5.36. The second kappa shape index (κ2) is 4.84. The van der Waals surface area contributed by atoms with Crippen molar-refractivity contribution in [2.75, 3.05) is 7.11 Å². The molecule has 0 bridgehead atoms. The molecule has 0 saturated carbocycles. The van der Waals surface area contributed by atoms with E-state index in [0.29, 0.717) is 15.9 Å². The molecule has 4 nitrogen and oxygen atoms in total. The Labute approximate surface area is 122 Å². The molecule has 0 unspecified atom stereocenters. The molecular weight excluding hydrogens is 299 g/mol. The Morgan fingerprint density at radius 3 is 2.95 bits per heavy atom. The van der Waals surface area contributed by atoms with Crippen LogP contribution in [0.25, 0.3) is 15.9 Å². The molecule has 3 rings (SSSR count). The highest BCUT2D eigenvalue weighted by atomic mass is 32.1. The fraction of sp³-hybridized carbons (Fsp3) is 0.0769. The van der Waals surface area contributed by atoms with E-state index in [2.05, 4.69) is 4.98 Å². The zero-order valence-electron chi connectivity index (χ0n) is 10.3. The summed E-state index contributed by atoms with van der Waals surface area (Å²) in [5.74, 6) is -0.425. The molecule has 2 heterocycles. The van der Waals surface area contributed by atoms with Gasteiger partial charge in [-0.1, -0.05) is 0 Å². The Morgan fingerprint density at radius 1 is 1.40 bits per heavy atom. The number of hydrogen-bond donors (Lipinski definition) is 1. The van der Waals surface area contributed by atoms with Crippen molar-refractivity contribution >= 4 is 33.8 Å². The number of benzene rings is 1. The summed E-state index contributed by atoms with van der Waals surface area (Å²) in [5.41, 5.74) is 0.938. The van der Waals surface area contributed by atoms with Crippen molar-refractivity contribution in [3.63, 3.8) is 0 Å². The summed E-state index contributed by atoms with van der Waals surface area (Å²) in [6.45, 7) is 0. The first-order valence-corrected chi connectivity index (χ1v) is 6.97. The number of thiophene rings is 1. The molecule has 0 amide bonds. The van der Waals surface area contributed by atoms with Crippen LogP contribution in [0, 0.1) is 10.6 Å². The maximum Gasteiger partial charge on any atom is 0.276 e. The number of halogens is 1. The standard InChI is InChI=1S/C13H9FN2O2S2/c1-18-10-6-7(2-3-8(10)14)16-12(17)11-9(4-5-20-11)15-13(16)19/h2-6H,1H3,(H,15,19). The quantitative estimate of drug-likeness (QED) is 0.739. The van der Waals surface area contributed by atoms with E-state index in [9.17, 15) is 9.18 Å². The van der Waals surface area contributed by atoms with Crippen LogP contribution < -0.4 is 10.3 Å². The van der Waals surface area contributed by atoms with Gasteiger partial charge < -0.3 is 9.72 Å². The summed E-state index contributed by atoms with van der Waals surface area (Å²) < 4.78 is 20.5. The molecule has 20 heavy (non-hydrogen) atoms. The van der Waals surface area contributed by atoms with Crippen molar-refractivity contribution in [2.24, 2.45) is 0 Å². The molecular formula is C13H9FN2O2S2. The molecule has 0 aliphatic heterocycles. The fourth-order valence-electron chi connectivity index (χ4n) is 1.96. The topological polar surface area (TPSA) is 47.0 Å². The molecule has 1 N–H and O–H groups in total. The first kappa shape index (κ1) is 13.0. The van der Waals surface area contributed by atoms with Crippen LogP contribution in [-0.4, -0.2) is 16.7 Å². The molecule has 0 spiro atoms. The van der Waals surface area contributed by atoms with Gasteiger partial charge in [-0.3, -0.25) is 9.36 Å². The number of ether oxygens (including phenoxy) is 1. The van der Waals surface area contributed by atoms with E-state index in [1.165, 1.54) is 41.2 Å². The van der Waals surface area contributed by atoms with Gasteiger partial charge in [0.15, 0.2) is 16.3 Å². The SMILES string of the molecule is COc1cc(-n2c(=S)[nH]c3ccsc3c2=O)ccc1F. The van der Waals surface area contributed by atoms with Crippen LogP contribution in [-0.2, 0) is 0 Å². The van der Waals surface area contributed by atoms with Crippen molar-refractivity contribution in [2.45, 2.75) is 0 Å². The van der Waals surface area contributed by atoms with Crippen molar-refractivity contribution in [1.82, 2.24) is 9.55 Å². The normalized spacial score (nSPS) is 10.9. The van der Waals surface area contributed by atoms with Gasteiger partial charge in [0.05, 0.1) is 18.3 Å². The Morgan fingerprint density at radius 2 is 2.20 bits per heavy atom. The van der Waals surface area contributed by atoms with E-state index >= 15 is 0 Å². The lowest BCUT2D eigenvalue weighted by Crippen LogP contribution is -2.19. The number of fused-ring (bicyclic) bond motifs is 1. The highest BCUT2D eigenvalue weighted by Gasteiger charge is 2.11. The van der Waals surface area contributed by atoms with E-state index in [4.69, 9.17) is 17.0 Å². The minimum atomic E-state index is -0.489. The lowest BCUT2D eigenvalue weighted by molar-refractivity contribution is 0.386. The first-order chi connectivity index (χ1) is 9.61. The minimum Gasteiger partial charge on any atom is -0.494 e. The van der Waals surface area contributed by atoms with Gasteiger partial charge in [-0.15, -0.1) is 11.3 Å². The molecule has 0 atom stereocenters. The number of aromatic nitrogens is 2. The maximum absolute atomic E-state index is 13.4. The lowest BCUT2D eigenvalue weighted by atomic mass is 10.3. The Bertz CT molecular complexity index is 911. The smallest absolute Gasteiger partial charge is 0.276 e. The van der Waals surface area contributed by atoms with Crippen LogP contribution in [0.1, 0.15) is 0 Å². The van der Waals surface area contributed by atoms with Gasteiger partial charge in [0.25, 0.3) is 5.56 Å². The number of H-pyrrole nitrogens is 1. The van der Waals surface area contributed by atoms with Gasteiger partial charge in [-0.2, -0.15) is 0 Å². The zero-order valence-corrected chi connectivity index (χ0v) is 12.0. The van der Waals surface area contributed by atoms with Gasteiger partial charge in [-0.25, -0.2) is 4.39 Å². The van der Waals surface area contributed by atoms with Crippen molar-refractivity contribution < 1.29 is 9.13 Å². The van der Waals surface area contributed by atoms with Crippen LogP contribution >= 0.6 is 23.6 Å². The Kier molecular flexibility index (Phi) is 3.15. The third-order valence-electron chi connectivity index (χ3n) is 2.90. The monoisotopic (exact) mass is 308 g/mol. The molecule has 2 aromatic heterocycles. The van der Waals surface area contributed by atoms with Gasteiger partial charge >= 0.3 is 0 Å². The molecule has 0 saturated heterocycles. The van der Waals surface area contributed by atoms with Crippen LogP contribution in [0.3, 0.4) is 0 Å². The summed E-state index contributed by atoms with van der Waals surface area (Å²) in [4.78, 5) is 15.4. The fourth-order valence-corrected chi connectivity index (χ4v) is 3.04. The third-order valence-corrected chi connectivity index (χ3v) is 4.09. The van der Waals surface area contributed by atoms with Crippen molar-refractivity contribution in [1.29, 1.82) is 0 Å². The highest BCUT2D eigenvalue weighted by molar-refractivity contribution is 7.71. The zero-order chi connectivity index (χ0) is 14.3. The summed E-state index contributed by atoms with van der Waals surface area (Å²) in [5, 5.41) is 1.81. The van der Waals surface area contributed by atoms with E-state index in [0.717, 1.165) is 0 Å². The molecule has 7 heteroatoms. The highest BCUT2D eigenvalue weighted by Crippen LogP contribution is 2.21. The first-order valence-electron chi connectivity index (χ1n) is 5.68. The number of rotatable bonds is 2. The minimum absolute atomic E-state index is 0.0649. The molecule has 0 fully saturated rings. The van der Waals surface area contributed by atoms with E-state index in [1.807, 2.05) is 5.38 Å². The van der Waals surface area contributed by atoms with Gasteiger partial charge in [0.2, 0.25) is 0 Å². The van der Waals surface area contributed by atoms with Crippen LogP contribution in [0.2, 0.25) is 0 Å². The molecule has 1 aromatic carbocycles. The number of methoxy groups -OCH3 is 1. The summed E-state index contributed by atoms with van der Waals surface area (Å²) in [7, 11) is 1.37. The predicted molar refractivity (Wildman–Crippen MR) is 79.1 cm³/mol. The largest absolute Gasteiger partial charge is 0.494 e. The maximum atomic E-state index is 13.4. The van der Waals surface area contributed by atoms with E-state index < -0.39 is 5.82 Å². The Balaban J connectivity index is 2.34. The average Bonchev–Trinajstić information content (AvgIpc) is 2.89. The average molecular weight is 308 g/mol. The van der Waals surface area contributed by atoms with Gasteiger partial charge in [-0.05, 0) is 35.8 Å².